The molecule has 0 saturated carbocycles. The van der Waals surface area contributed by atoms with E-state index in [1.165, 1.54) is 6.42 Å². The van der Waals surface area contributed by atoms with E-state index in [0.29, 0.717) is 24.4 Å². The van der Waals surface area contributed by atoms with Crippen LogP contribution in [0, 0.1) is 0 Å². The van der Waals surface area contributed by atoms with Gasteiger partial charge in [-0.15, -0.1) is 0 Å². The predicted octanol–water partition coefficient (Wildman–Crippen LogP) is 2.34. The summed E-state index contributed by atoms with van der Waals surface area (Å²) in [6, 6.07) is 8.76. The molecule has 3 rings (SSSR count). The third-order valence-corrected chi connectivity index (χ3v) is 4.61. The van der Waals surface area contributed by atoms with Crippen molar-refractivity contribution in [2.75, 3.05) is 26.2 Å². The van der Waals surface area contributed by atoms with E-state index in [2.05, 4.69) is 15.5 Å². The van der Waals surface area contributed by atoms with Crippen molar-refractivity contribution in [1.82, 2.24) is 15.5 Å². The van der Waals surface area contributed by atoms with Gasteiger partial charge in [0.1, 0.15) is 0 Å². The number of nitrogens with zero attached hydrogens (tertiary/aromatic N) is 1. The molecule has 1 atom stereocenters. The monoisotopic (exact) mass is 343 g/mol. The molecule has 1 fully saturated rings. The number of nitrogens with one attached hydrogen (secondary N) is 2. The number of ether oxygens (including phenoxy) is 1. The Balaban J connectivity index is 1.96. The van der Waals surface area contributed by atoms with Crippen molar-refractivity contribution in [2.24, 2.45) is 0 Å². The summed E-state index contributed by atoms with van der Waals surface area (Å²) in [7, 11) is 0. The van der Waals surface area contributed by atoms with E-state index in [9.17, 15) is 9.59 Å². The van der Waals surface area contributed by atoms with Crippen LogP contribution in [0.4, 0.5) is 4.79 Å². The van der Waals surface area contributed by atoms with Crippen molar-refractivity contribution in [2.45, 2.75) is 32.2 Å². The number of carbonyl (C=O) groups is 2. The van der Waals surface area contributed by atoms with E-state index in [1.54, 1.807) is 6.92 Å². The van der Waals surface area contributed by atoms with Crippen LogP contribution in [-0.2, 0) is 9.53 Å². The van der Waals surface area contributed by atoms with E-state index in [-0.39, 0.29) is 12.0 Å². The highest BCUT2D eigenvalue weighted by atomic mass is 16.5. The molecular weight excluding hydrogens is 318 g/mol. The minimum absolute atomic E-state index is 0.283. The van der Waals surface area contributed by atoms with Gasteiger partial charge in [-0.05, 0) is 38.4 Å². The summed E-state index contributed by atoms with van der Waals surface area (Å²) < 4.78 is 5.28. The van der Waals surface area contributed by atoms with Crippen LogP contribution in [0.15, 0.2) is 41.6 Å². The Bertz CT molecular complexity index is 651. The van der Waals surface area contributed by atoms with E-state index in [1.807, 2.05) is 30.3 Å². The molecule has 0 bridgehead atoms. The molecule has 0 aliphatic carbocycles. The first kappa shape index (κ1) is 17.5. The first-order valence-electron chi connectivity index (χ1n) is 8.94. The Morgan fingerprint density at radius 2 is 1.92 bits per heavy atom. The molecular formula is C19H25N3O3. The van der Waals surface area contributed by atoms with Gasteiger partial charge in [-0.3, -0.25) is 4.90 Å². The molecule has 2 aliphatic heterocycles. The number of piperidine rings is 1. The normalized spacial score (nSPS) is 21.5. The van der Waals surface area contributed by atoms with Gasteiger partial charge in [0.2, 0.25) is 0 Å². The zero-order valence-electron chi connectivity index (χ0n) is 14.6. The van der Waals surface area contributed by atoms with Crippen LogP contribution in [-0.4, -0.2) is 43.1 Å². The molecule has 1 saturated heterocycles. The standard InChI is InChI=1S/C19H25N3O3/c1-2-25-18(23)16-15(13-22-11-7-4-8-12-22)20-19(24)21-17(16)14-9-5-3-6-10-14/h3,5-6,9-10,17H,2,4,7-8,11-13H2,1H3,(H2,20,21,24)/t17-/m1/s1. The topological polar surface area (TPSA) is 70.7 Å². The summed E-state index contributed by atoms with van der Waals surface area (Å²) in [5.41, 5.74) is 2.02. The molecule has 0 aromatic heterocycles. The molecule has 2 heterocycles. The Morgan fingerprint density at radius 3 is 2.60 bits per heavy atom. The zero-order valence-corrected chi connectivity index (χ0v) is 14.6. The fourth-order valence-corrected chi connectivity index (χ4v) is 3.43. The minimum atomic E-state index is -0.492. The van der Waals surface area contributed by atoms with Gasteiger partial charge in [0.15, 0.2) is 0 Å². The first-order chi connectivity index (χ1) is 12.2. The molecule has 0 spiro atoms. The highest BCUT2D eigenvalue weighted by Crippen LogP contribution is 2.28. The number of esters is 1. The van der Waals surface area contributed by atoms with Crippen molar-refractivity contribution >= 4 is 12.0 Å². The smallest absolute Gasteiger partial charge is 0.338 e. The highest BCUT2D eigenvalue weighted by Gasteiger charge is 2.34. The summed E-state index contributed by atoms with van der Waals surface area (Å²) in [6.07, 6.45) is 3.54. The largest absolute Gasteiger partial charge is 0.463 e. The fourth-order valence-electron chi connectivity index (χ4n) is 3.43. The molecule has 6 heteroatoms. The third kappa shape index (κ3) is 4.20. The maximum Gasteiger partial charge on any atom is 0.338 e. The van der Waals surface area contributed by atoms with Crippen LogP contribution in [0.1, 0.15) is 37.8 Å². The average molecular weight is 343 g/mol. The zero-order chi connectivity index (χ0) is 17.6. The number of urea groups is 1. The number of amides is 2. The number of rotatable bonds is 5. The van der Waals surface area contributed by atoms with Crippen LogP contribution < -0.4 is 10.6 Å². The maximum atomic E-state index is 12.7. The second-order valence-electron chi connectivity index (χ2n) is 6.39. The van der Waals surface area contributed by atoms with Gasteiger partial charge in [0.25, 0.3) is 0 Å². The summed E-state index contributed by atoms with van der Waals surface area (Å²) in [5.74, 6) is -0.379. The Morgan fingerprint density at radius 1 is 1.20 bits per heavy atom. The first-order valence-corrected chi connectivity index (χ1v) is 8.94. The van der Waals surface area contributed by atoms with Gasteiger partial charge in [0, 0.05) is 12.2 Å². The number of carbonyl (C=O) groups excluding carboxylic acids is 2. The van der Waals surface area contributed by atoms with E-state index < -0.39 is 6.04 Å². The van der Waals surface area contributed by atoms with Crippen LogP contribution in [0.5, 0.6) is 0 Å². The molecule has 2 amide bonds. The fraction of sp³-hybridized carbons (Fsp3) is 0.474. The second kappa shape index (κ2) is 8.16. The summed E-state index contributed by atoms with van der Waals surface area (Å²) >= 11 is 0. The highest BCUT2D eigenvalue weighted by molar-refractivity contribution is 5.95. The SMILES string of the molecule is CCOC(=O)C1=C(CN2CCCCC2)NC(=O)N[C@@H]1c1ccccc1. The van der Waals surface area contributed by atoms with Gasteiger partial charge >= 0.3 is 12.0 Å². The van der Waals surface area contributed by atoms with Crippen molar-refractivity contribution in [1.29, 1.82) is 0 Å². The number of hydrogen-bond donors (Lipinski definition) is 2. The number of benzene rings is 1. The maximum absolute atomic E-state index is 12.7. The molecule has 1 aromatic rings. The molecule has 2 aliphatic rings. The van der Waals surface area contributed by atoms with Crippen molar-refractivity contribution in [3.05, 3.63) is 47.2 Å². The lowest BCUT2D eigenvalue weighted by Gasteiger charge is -2.33. The van der Waals surface area contributed by atoms with E-state index >= 15 is 0 Å². The average Bonchev–Trinajstić information content (AvgIpc) is 2.63. The van der Waals surface area contributed by atoms with Gasteiger partial charge in [-0.1, -0.05) is 36.8 Å². The number of likely N-dealkylation sites (tertiary alicyclic amines) is 1. The predicted molar refractivity (Wildman–Crippen MR) is 94.8 cm³/mol. The van der Waals surface area contributed by atoms with Gasteiger partial charge in [-0.25, -0.2) is 9.59 Å². The summed E-state index contributed by atoms with van der Waals surface area (Å²) in [5, 5.41) is 5.70. The molecule has 25 heavy (non-hydrogen) atoms. The molecule has 2 N–H and O–H groups in total. The molecule has 134 valence electrons. The molecule has 1 aromatic carbocycles. The van der Waals surface area contributed by atoms with Crippen molar-refractivity contribution in [3.8, 4) is 0 Å². The Kier molecular flexibility index (Phi) is 5.71. The quantitative estimate of drug-likeness (QED) is 0.805. The van der Waals surface area contributed by atoms with E-state index in [4.69, 9.17) is 4.74 Å². The Labute approximate surface area is 148 Å². The number of hydrogen-bond acceptors (Lipinski definition) is 4. The van der Waals surface area contributed by atoms with Crippen molar-refractivity contribution < 1.29 is 14.3 Å². The summed E-state index contributed by atoms with van der Waals surface area (Å²) in [6.45, 7) is 4.62. The molecule has 0 radical (unpaired) electrons. The van der Waals surface area contributed by atoms with Crippen LogP contribution in [0.3, 0.4) is 0 Å². The third-order valence-electron chi connectivity index (χ3n) is 4.61. The molecule has 6 nitrogen and oxygen atoms in total. The van der Waals surface area contributed by atoms with Crippen LogP contribution in [0.25, 0.3) is 0 Å². The lowest BCUT2D eigenvalue weighted by atomic mass is 9.95. The lowest BCUT2D eigenvalue weighted by molar-refractivity contribution is -0.139. The van der Waals surface area contributed by atoms with Crippen molar-refractivity contribution in [3.63, 3.8) is 0 Å². The van der Waals surface area contributed by atoms with Crippen LogP contribution in [0.2, 0.25) is 0 Å². The van der Waals surface area contributed by atoms with E-state index in [0.717, 1.165) is 31.5 Å². The van der Waals surface area contributed by atoms with Gasteiger partial charge in [0.05, 0.1) is 18.2 Å². The van der Waals surface area contributed by atoms with Gasteiger partial charge in [-0.2, -0.15) is 0 Å². The lowest BCUT2D eigenvalue weighted by Crippen LogP contribution is -2.49. The van der Waals surface area contributed by atoms with Gasteiger partial charge < -0.3 is 15.4 Å². The summed E-state index contributed by atoms with van der Waals surface area (Å²) in [4.78, 5) is 27.1. The van der Waals surface area contributed by atoms with Crippen LogP contribution >= 0.6 is 0 Å². The minimum Gasteiger partial charge on any atom is -0.463 e. The Hall–Kier alpha value is -2.34. The second-order valence-corrected chi connectivity index (χ2v) is 6.39. The molecule has 0 unspecified atom stereocenters.